The summed E-state index contributed by atoms with van der Waals surface area (Å²) in [6, 6.07) is 7.91. The number of anilines is 1. The zero-order valence-electron chi connectivity index (χ0n) is 19.6. The minimum absolute atomic E-state index is 0.159. The van der Waals surface area contributed by atoms with Crippen LogP contribution >= 0.6 is 0 Å². The van der Waals surface area contributed by atoms with Crippen molar-refractivity contribution in [1.82, 2.24) is 15.1 Å². The second kappa shape index (κ2) is 10.6. The number of aliphatic hydroxyl groups excluding tert-OH is 1. The second-order valence-electron chi connectivity index (χ2n) is 7.79. The Kier molecular flexibility index (Phi) is 7.82. The molecule has 172 valence electrons. The molecule has 3 N–H and O–H groups in total. The zero-order valence-corrected chi connectivity index (χ0v) is 19.6. The Hall–Kier alpha value is -2.97. The van der Waals surface area contributed by atoms with E-state index < -0.39 is 6.10 Å². The number of aromatic nitrogens is 3. The molecule has 3 aromatic rings. The zero-order chi connectivity index (χ0) is 23.3. The molecule has 0 bridgehead atoms. The summed E-state index contributed by atoms with van der Waals surface area (Å²) in [6.07, 6.45) is 0.0770. The molecule has 1 atom stereocenters. The molecule has 0 aliphatic rings. The number of hydrogen-bond acceptors (Lipinski definition) is 8. The van der Waals surface area contributed by atoms with Gasteiger partial charge in [-0.25, -0.2) is 4.98 Å². The van der Waals surface area contributed by atoms with E-state index in [0.717, 1.165) is 59.0 Å². The third-order valence-corrected chi connectivity index (χ3v) is 5.38. The Balaban J connectivity index is 1.92. The maximum absolute atomic E-state index is 9.73. The van der Waals surface area contributed by atoms with Crippen molar-refractivity contribution >= 4 is 5.82 Å². The largest absolute Gasteiger partial charge is 0.490 e. The molecule has 0 unspecified atom stereocenters. The van der Waals surface area contributed by atoms with Crippen molar-refractivity contribution < 1.29 is 14.4 Å². The highest BCUT2D eigenvalue weighted by atomic mass is 16.5. The van der Waals surface area contributed by atoms with Gasteiger partial charge in [-0.3, -0.25) is 0 Å². The summed E-state index contributed by atoms with van der Waals surface area (Å²) in [5.41, 5.74) is 10.0. The van der Waals surface area contributed by atoms with E-state index in [9.17, 15) is 5.11 Å². The first-order valence-corrected chi connectivity index (χ1v) is 11.1. The first-order chi connectivity index (χ1) is 15.4. The van der Waals surface area contributed by atoms with Crippen molar-refractivity contribution in [3.05, 3.63) is 41.1 Å². The van der Waals surface area contributed by atoms with Gasteiger partial charge in [0.15, 0.2) is 0 Å². The van der Waals surface area contributed by atoms with Gasteiger partial charge in [0.05, 0.1) is 0 Å². The minimum atomic E-state index is -0.691. The van der Waals surface area contributed by atoms with Gasteiger partial charge in [0.2, 0.25) is 5.82 Å². The Morgan fingerprint density at radius 1 is 1.06 bits per heavy atom. The lowest BCUT2D eigenvalue weighted by Gasteiger charge is -2.20. The van der Waals surface area contributed by atoms with Gasteiger partial charge in [0.1, 0.15) is 24.3 Å². The Morgan fingerprint density at radius 2 is 1.81 bits per heavy atom. The smallest absolute Gasteiger partial charge is 0.258 e. The van der Waals surface area contributed by atoms with E-state index in [4.69, 9.17) is 15.0 Å². The Labute approximate surface area is 189 Å². The van der Waals surface area contributed by atoms with Gasteiger partial charge >= 0.3 is 0 Å². The summed E-state index contributed by atoms with van der Waals surface area (Å²) < 4.78 is 11.5. The molecule has 1 aromatic carbocycles. The minimum Gasteiger partial charge on any atom is -0.490 e. The molecule has 32 heavy (non-hydrogen) atoms. The number of rotatable bonds is 10. The van der Waals surface area contributed by atoms with Crippen LogP contribution in [0.5, 0.6) is 5.75 Å². The van der Waals surface area contributed by atoms with E-state index in [-0.39, 0.29) is 13.2 Å². The van der Waals surface area contributed by atoms with E-state index >= 15 is 0 Å². The second-order valence-corrected chi connectivity index (χ2v) is 7.79. The van der Waals surface area contributed by atoms with Crippen LogP contribution in [-0.4, -0.2) is 52.6 Å². The van der Waals surface area contributed by atoms with Gasteiger partial charge in [-0.2, -0.15) is 4.98 Å². The molecule has 3 rings (SSSR count). The average molecular weight is 440 g/mol. The molecule has 0 amide bonds. The first-order valence-electron chi connectivity index (χ1n) is 11.1. The highest BCUT2D eigenvalue weighted by Gasteiger charge is 2.17. The van der Waals surface area contributed by atoms with Gasteiger partial charge in [-0.15, -0.1) is 0 Å². The predicted molar refractivity (Wildman–Crippen MR) is 126 cm³/mol. The quantitative estimate of drug-likeness (QED) is 0.494. The molecular formula is C24H33N5O3. The SMILES string of the molecule is CCc1cc(-c2noc(-c3cc(C)nc(N(CC)CC)c3)n2)cc(C)c1OC[C@H](O)CN. The molecule has 0 fully saturated rings. The van der Waals surface area contributed by atoms with E-state index in [1.54, 1.807) is 0 Å². The van der Waals surface area contributed by atoms with Gasteiger partial charge in [-0.1, -0.05) is 12.1 Å². The normalized spacial score (nSPS) is 12.1. The lowest BCUT2D eigenvalue weighted by molar-refractivity contribution is 0.113. The standard InChI is InChI=1S/C24H33N5O3/c1-6-17-11-18(9-15(4)22(17)31-14-20(30)13-25)23-27-24(32-28-23)19-10-16(5)26-21(12-19)29(7-2)8-3/h9-12,20,30H,6-8,13-14,25H2,1-5H3/t20-/m1/s1. The van der Waals surface area contributed by atoms with Gasteiger partial charge in [0, 0.05) is 36.5 Å². The highest BCUT2D eigenvalue weighted by molar-refractivity contribution is 5.65. The predicted octanol–water partition coefficient (Wildman–Crippen LogP) is 3.52. The number of pyridine rings is 1. The number of aliphatic hydroxyl groups is 1. The van der Waals surface area contributed by atoms with Crippen molar-refractivity contribution in [3.63, 3.8) is 0 Å². The van der Waals surface area contributed by atoms with Gasteiger partial charge < -0.3 is 25.0 Å². The lowest BCUT2D eigenvalue weighted by atomic mass is 10.0. The summed E-state index contributed by atoms with van der Waals surface area (Å²) in [6.45, 7) is 12.3. The summed E-state index contributed by atoms with van der Waals surface area (Å²) >= 11 is 0. The van der Waals surface area contributed by atoms with E-state index in [0.29, 0.717) is 11.7 Å². The maximum Gasteiger partial charge on any atom is 0.258 e. The molecule has 8 heteroatoms. The summed E-state index contributed by atoms with van der Waals surface area (Å²) in [5, 5.41) is 14.0. The third-order valence-electron chi connectivity index (χ3n) is 5.38. The number of hydrogen-bond donors (Lipinski definition) is 2. The Bertz CT molecular complexity index is 1050. The summed E-state index contributed by atoms with van der Waals surface area (Å²) in [5.74, 6) is 2.64. The highest BCUT2D eigenvalue weighted by Crippen LogP contribution is 2.32. The molecule has 0 saturated heterocycles. The number of benzene rings is 1. The fourth-order valence-electron chi connectivity index (χ4n) is 3.63. The molecule has 0 saturated carbocycles. The molecular weight excluding hydrogens is 406 g/mol. The number of ether oxygens (including phenoxy) is 1. The van der Waals surface area contributed by atoms with Crippen molar-refractivity contribution in [3.8, 4) is 28.6 Å². The topological polar surface area (TPSA) is 111 Å². The summed E-state index contributed by atoms with van der Waals surface area (Å²) in [4.78, 5) is 11.5. The monoisotopic (exact) mass is 439 g/mol. The molecule has 0 aliphatic heterocycles. The van der Waals surface area contributed by atoms with Crippen LogP contribution in [0, 0.1) is 13.8 Å². The van der Waals surface area contributed by atoms with E-state index in [1.807, 2.05) is 38.1 Å². The van der Waals surface area contributed by atoms with E-state index in [1.165, 1.54) is 0 Å². The molecule has 0 aliphatic carbocycles. The fraction of sp³-hybridized carbons (Fsp3) is 0.458. The molecule has 8 nitrogen and oxygen atoms in total. The van der Waals surface area contributed by atoms with Crippen molar-refractivity contribution in [2.45, 2.75) is 47.1 Å². The summed E-state index contributed by atoms with van der Waals surface area (Å²) in [7, 11) is 0. The molecule has 2 aromatic heterocycles. The number of aryl methyl sites for hydroxylation is 3. The van der Waals surface area contributed by atoms with Gasteiger partial charge in [-0.05, 0) is 69.5 Å². The average Bonchev–Trinajstić information content (AvgIpc) is 3.28. The van der Waals surface area contributed by atoms with Crippen LogP contribution in [0.1, 0.15) is 37.6 Å². The van der Waals surface area contributed by atoms with Crippen LogP contribution in [0.3, 0.4) is 0 Å². The Morgan fingerprint density at radius 3 is 2.47 bits per heavy atom. The van der Waals surface area contributed by atoms with Crippen LogP contribution in [0.15, 0.2) is 28.8 Å². The van der Waals surface area contributed by atoms with Crippen LogP contribution in [0.4, 0.5) is 5.82 Å². The molecule has 0 radical (unpaired) electrons. The number of nitrogens with two attached hydrogens (primary N) is 1. The third kappa shape index (κ3) is 5.26. The number of nitrogens with zero attached hydrogens (tertiary/aromatic N) is 4. The van der Waals surface area contributed by atoms with Gasteiger partial charge in [0.25, 0.3) is 5.89 Å². The maximum atomic E-state index is 9.73. The van der Waals surface area contributed by atoms with Crippen molar-refractivity contribution in [2.75, 3.05) is 31.1 Å². The first kappa shape index (κ1) is 23.7. The van der Waals surface area contributed by atoms with Crippen molar-refractivity contribution in [2.24, 2.45) is 5.73 Å². The van der Waals surface area contributed by atoms with Crippen LogP contribution in [0.2, 0.25) is 0 Å². The molecule has 2 heterocycles. The fourth-order valence-corrected chi connectivity index (χ4v) is 3.63. The van der Waals surface area contributed by atoms with Crippen LogP contribution in [0.25, 0.3) is 22.8 Å². The van der Waals surface area contributed by atoms with Crippen molar-refractivity contribution in [1.29, 1.82) is 0 Å². The van der Waals surface area contributed by atoms with E-state index in [2.05, 4.69) is 40.8 Å². The van der Waals surface area contributed by atoms with Crippen LogP contribution < -0.4 is 15.4 Å². The molecule has 0 spiro atoms. The van der Waals surface area contributed by atoms with Crippen LogP contribution in [-0.2, 0) is 6.42 Å². The lowest BCUT2D eigenvalue weighted by Crippen LogP contribution is -2.27.